The second kappa shape index (κ2) is 12.9. The van der Waals surface area contributed by atoms with Crippen LogP contribution in [-0.4, -0.2) is 35.5 Å². The van der Waals surface area contributed by atoms with Crippen molar-refractivity contribution in [3.63, 3.8) is 0 Å². The maximum Gasteiger partial charge on any atom is 0.412 e. The number of ether oxygens (including phenoxy) is 2. The summed E-state index contributed by atoms with van der Waals surface area (Å²) in [5.74, 6) is -0.749. The lowest BCUT2D eigenvalue weighted by Crippen LogP contribution is -2.28. The number of nitrogens with one attached hydrogen (secondary N) is 2. The van der Waals surface area contributed by atoms with Crippen molar-refractivity contribution >= 4 is 65.5 Å². The summed E-state index contributed by atoms with van der Waals surface area (Å²) in [6.45, 7) is 0. The van der Waals surface area contributed by atoms with Crippen LogP contribution >= 0.6 is 47.8 Å². The van der Waals surface area contributed by atoms with Crippen molar-refractivity contribution in [3.8, 4) is 5.75 Å². The van der Waals surface area contributed by atoms with Gasteiger partial charge in [0.25, 0.3) is 5.91 Å². The maximum atomic E-state index is 12.6. The van der Waals surface area contributed by atoms with Crippen LogP contribution in [0.4, 0.5) is 10.5 Å². The highest BCUT2D eigenvalue weighted by molar-refractivity contribution is 9.11. The Labute approximate surface area is 210 Å². The van der Waals surface area contributed by atoms with Crippen LogP contribution in [0.1, 0.15) is 24.5 Å². The Kier molecular flexibility index (Phi) is 10.7. The van der Waals surface area contributed by atoms with Gasteiger partial charge in [-0.25, -0.2) is 10.3 Å². The summed E-state index contributed by atoms with van der Waals surface area (Å²) in [4.78, 5) is 23.8. The number of hydroxylamine groups is 1. The first kappa shape index (κ1) is 26.3. The van der Waals surface area contributed by atoms with Gasteiger partial charge >= 0.3 is 6.09 Å². The van der Waals surface area contributed by atoms with Gasteiger partial charge in [-0.05, 0) is 65.2 Å². The quantitative estimate of drug-likeness (QED) is 0.156. The largest absolute Gasteiger partial charge is 0.506 e. The minimum Gasteiger partial charge on any atom is -0.506 e. The predicted molar refractivity (Wildman–Crippen MR) is 130 cm³/mol. The highest BCUT2D eigenvalue weighted by atomic mass is 79.9. The Morgan fingerprint density at radius 1 is 1.12 bits per heavy atom. The van der Waals surface area contributed by atoms with Gasteiger partial charge in [-0.2, -0.15) is 0 Å². The molecular formula is C21H21Br3N2O6. The van der Waals surface area contributed by atoms with Crippen LogP contribution in [0.3, 0.4) is 0 Å². The first-order valence-electron chi connectivity index (χ1n) is 9.29. The van der Waals surface area contributed by atoms with Crippen molar-refractivity contribution in [3.05, 3.63) is 67.5 Å². The molecule has 32 heavy (non-hydrogen) atoms. The van der Waals surface area contributed by atoms with Crippen molar-refractivity contribution in [1.29, 1.82) is 0 Å². The van der Waals surface area contributed by atoms with Crippen molar-refractivity contribution in [2.75, 3.05) is 12.4 Å². The highest BCUT2D eigenvalue weighted by Gasteiger charge is 2.30. The summed E-state index contributed by atoms with van der Waals surface area (Å²) in [5.41, 5.74) is 2.37. The van der Waals surface area contributed by atoms with Gasteiger partial charge in [0.15, 0.2) is 6.10 Å². The molecule has 4 N–H and O–H groups in total. The number of carbonyl (C=O) groups excluding carboxylic acids is 2. The van der Waals surface area contributed by atoms with E-state index in [-0.39, 0.29) is 5.75 Å². The Balaban J connectivity index is 2.27. The van der Waals surface area contributed by atoms with Gasteiger partial charge in [0.1, 0.15) is 5.75 Å². The minimum atomic E-state index is -0.968. The number of halogens is 3. The average molecular weight is 637 g/mol. The SMILES string of the molecule is CO[C@H](CC/C=C/C(=O)NO)[C@H](OC(=O)Nc1ccc(Br)cc1)c1cc(Br)cc(Br)c1O. The first-order chi connectivity index (χ1) is 15.2. The zero-order valence-electron chi connectivity index (χ0n) is 16.8. The predicted octanol–water partition coefficient (Wildman–Crippen LogP) is 5.83. The number of phenols is 1. The third kappa shape index (κ3) is 7.89. The topological polar surface area (TPSA) is 117 Å². The van der Waals surface area contributed by atoms with Crippen molar-refractivity contribution in [2.45, 2.75) is 25.0 Å². The summed E-state index contributed by atoms with van der Waals surface area (Å²) in [6.07, 6.45) is 1.11. The summed E-state index contributed by atoms with van der Waals surface area (Å²) < 4.78 is 13.2. The number of carbonyl (C=O) groups is 2. The van der Waals surface area contributed by atoms with Gasteiger partial charge in [0, 0.05) is 33.4 Å². The monoisotopic (exact) mass is 634 g/mol. The molecule has 0 aliphatic rings. The molecule has 0 aliphatic heterocycles. The molecule has 0 aromatic heterocycles. The standard InChI is InChI=1S/C21H21Br3N2O6/c1-31-17(4-2-3-5-18(27)26-30)20(15-10-13(23)11-16(24)19(15)28)32-21(29)25-14-8-6-12(22)7-9-14/h3,5-11,17,20,28,30H,2,4H2,1H3,(H,25,29)(H,26,27)/b5-3+/t17-,20-/m1/s1. The number of anilines is 1. The van der Waals surface area contributed by atoms with Crippen molar-refractivity contribution < 1.29 is 29.4 Å². The first-order valence-corrected chi connectivity index (χ1v) is 11.7. The molecule has 0 saturated carbocycles. The van der Waals surface area contributed by atoms with Gasteiger partial charge in [-0.1, -0.05) is 37.9 Å². The van der Waals surface area contributed by atoms with Gasteiger partial charge in [0.2, 0.25) is 0 Å². The third-order valence-electron chi connectivity index (χ3n) is 4.33. The fourth-order valence-corrected chi connectivity index (χ4v) is 4.34. The van der Waals surface area contributed by atoms with Crippen LogP contribution in [0.15, 0.2) is 62.0 Å². The number of benzene rings is 2. The molecule has 2 rings (SSSR count). The second-order valence-electron chi connectivity index (χ2n) is 6.51. The lowest BCUT2D eigenvalue weighted by atomic mass is 9.99. The van der Waals surface area contributed by atoms with E-state index in [1.165, 1.54) is 18.7 Å². The number of hydrogen-bond acceptors (Lipinski definition) is 6. The van der Waals surface area contributed by atoms with E-state index in [2.05, 4.69) is 53.1 Å². The molecule has 0 heterocycles. The molecule has 0 unspecified atom stereocenters. The molecule has 0 radical (unpaired) electrons. The van der Waals surface area contributed by atoms with Crippen LogP contribution in [0, 0.1) is 0 Å². The van der Waals surface area contributed by atoms with Gasteiger partial charge in [0.05, 0.1) is 10.6 Å². The number of hydrogen-bond donors (Lipinski definition) is 4. The fourth-order valence-electron chi connectivity index (χ4n) is 2.82. The van der Waals surface area contributed by atoms with E-state index in [4.69, 9.17) is 14.7 Å². The molecule has 11 heteroatoms. The van der Waals surface area contributed by atoms with E-state index >= 15 is 0 Å². The van der Waals surface area contributed by atoms with E-state index in [9.17, 15) is 14.7 Å². The molecule has 8 nitrogen and oxygen atoms in total. The van der Waals surface area contributed by atoms with Crippen molar-refractivity contribution in [1.82, 2.24) is 5.48 Å². The molecule has 2 aromatic carbocycles. The summed E-state index contributed by atoms with van der Waals surface area (Å²) in [5, 5.41) is 21.8. The van der Waals surface area contributed by atoms with E-state index in [1.54, 1.807) is 42.5 Å². The van der Waals surface area contributed by atoms with Crippen molar-refractivity contribution in [2.24, 2.45) is 0 Å². The molecule has 172 valence electrons. The Bertz CT molecular complexity index is 969. The molecule has 2 amide bonds. The van der Waals surface area contributed by atoms with E-state index < -0.39 is 24.2 Å². The number of aromatic hydroxyl groups is 1. The number of allylic oxidation sites excluding steroid dienone is 1. The molecular weight excluding hydrogens is 616 g/mol. The molecule has 0 bridgehead atoms. The average Bonchev–Trinajstić information content (AvgIpc) is 2.76. The van der Waals surface area contributed by atoms with Gasteiger partial charge in [-0.3, -0.25) is 15.3 Å². The summed E-state index contributed by atoms with van der Waals surface area (Å²) in [6, 6.07) is 10.3. The molecule has 0 aliphatic carbocycles. The lowest BCUT2D eigenvalue weighted by Gasteiger charge is -2.27. The molecule has 2 aromatic rings. The molecule has 0 spiro atoms. The van der Waals surface area contributed by atoms with Crippen LogP contribution in [0.25, 0.3) is 0 Å². The Morgan fingerprint density at radius 2 is 1.81 bits per heavy atom. The molecule has 0 fully saturated rings. The van der Waals surface area contributed by atoms with Crippen LogP contribution in [0.2, 0.25) is 0 Å². The lowest BCUT2D eigenvalue weighted by molar-refractivity contribution is -0.124. The number of phenolic OH excluding ortho intramolecular Hbond substituents is 1. The van der Waals surface area contributed by atoms with E-state index in [0.717, 1.165) is 4.47 Å². The Morgan fingerprint density at radius 3 is 2.44 bits per heavy atom. The molecule has 2 atom stereocenters. The maximum absolute atomic E-state index is 12.6. The van der Waals surface area contributed by atoms with Crippen LogP contribution < -0.4 is 10.8 Å². The summed E-state index contributed by atoms with van der Waals surface area (Å²) >= 11 is 10.0. The number of methoxy groups -OCH3 is 1. The second-order valence-corrected chi connectivity index (χ2v) is 9.20. The van der Waals surface area contributed by atoms with Gasteiger partial charge in [-0.15, -0.1) is 0 Å². The fraction of sp³-hybridized carbons (Fsp3) is 0.238. The highest BCUT2D eigenvalue weighted by Crippen LogP contribution is 2.39. The van der Waals surface area contributed by atoms with Crippen LogP contribution in [-0.2, 0) is 14.3 Å². The third-order valence-corrected chi connectivity index (χ3v) is 5.92. The van der Waals surface area contributed by atoms with Gasteiger partial charge < -0.3 is 14.6 Å². The zero-order valence-corrected chi connectivity index (χ0v) is 21.6. The summed E-state index contributed by atoms with van der Waals surface area (Å²) in [7, 11) is 1.46. The minimum absolute atomic E-state index is 0.0908. The smallest absolute Gasteiger partial charge is 0.412 e. The van der Waals surface area contributed by atoms with Crippen LogP contribution in [0.5, 0.6) is 5.75 Å². The zero-order chi connectivity index (χ0) is 23.7. The number of rotatable bonds is 9. The Hall–Kier alpha value is -1.92. The van der Waals surface area contributed by atoms with E-state index in [1.807, 2.05) is 0 Å². The number of amides is 2. The normalized spacial score (nSPS) is 12.9. The van der Waals surface area contributed by atoms with E-state index in [0.29, 0.717) is 33.0 Å². The molecule has 0 saturated heterocycles.